The summed E-state index contributed by atoms with van der Waals surface area (Å²) < 4.78 is 6.34. The molecule has 0 spiro atoms. The Morgan fingerprint density at radius 1 is 1.29 bits per heavy atom. The summed E-state index contributed by atoms with van der Waals surface area (Å²) in [5, 5.41) is 2.62. The van der Waals surface area contributed by atoms with E-state index >= 15 is 0 Å². The van der Waals surface area contributed by atoms with Gasteiger partial charge >= 0.3 is 0 Å². The molecule has 3 nitrogen and oxygen atoms in total. The fraction of sp³-hybridized carbons (Fsp3) is 0.375. The molecule has 0 bridgehead atoms. The van der Waals surface area contributed by atoms with Crippen LogP contribution in [0.2, 0.25) is 0 Å². The van der Waals surface area contributed by atoms with Gasteiger partial charge in [0.2, 0.25) is 0 Å². The van der Waals surface area contributed by atoms with Crippen LogP contribution in [0.15, 0.2) is 29.2 Å². The average molecular weight is 321 g/mol. The van der Waals surface area contributed by atoms with Crippen molar-refractivity contribution in [3.05, 3.63) is 34.7 Å². The Morgan fingerprint density at radius 3 is 2.81 bits per heavy atom. The number of carbonyl (C=O) groups is 1. The van der Waals surface area contributed by atoms with Gasteiger partial charge in [-0.2, -0.15) is 0 Å². The Kier molecular flexibility index (Phi) is 6.26. The average Bonchev–Trinajstić information content (AvgIpc) is 2.78. The second-order valence-electron chi connectivity index (χ2n) is 4.80. The van der Waals surface area contributed by atoms with Crippen LogP contribution in [0.1, 0.15) is 38.2 Å². The Hall–Kier alpha value is -1.33. The molecule has 1 aromatic carbocycles. The number of hydrogen-bond donors (Lipinski definition) is 1. The third-order valence-corrected chi connectivity index (χ3v) is 4.27. The maximum Gasteiger partial charge on any atom is 0.263 e. The second-order valence-corrected chi connectivity index (χ2v) is 6.52. The zero-order valence-electron chi connectivity index (χ0n) is 12.1. The van der Waals surface area contributed by atoms with E-state index in [4.69, 9.17) is 17.0 Å². The molecular formula is C16H19NO2S2. The predicted molar refractivity (Wildman–Crippen MR) is 92.4 cm³/mol. The van der Waals surface area contributed by atoms with E-state index in [2.05, 4.69) is 12.2 Å². The van der Waals surface area contributed by atoms with Gasteiger partial charge in [0.25, 0.3) is 5.91 Å². The molecule has 1 fully saturated rings. The number of thiocarbonyl (C=S) groups is 1. The second kappa shape index (κ2) is 8.20. The molecule has 5 heteroatoms. The number of hydrogen-bond acceptors (Lipinski definition) is 4. The summed E-state index contributed by atoms with van der Waals surface area (Å²) in [6.45, 7) is 2.90. The van der Waals surface area contributed by atoms with Gasteiger partial charge in [0.1, 0.15) is 10.1 Å². The molecule has 1 N–H and O–H groups in total. The zero-order chi connectivity index (χ0) is 15.1. The summed E-state index contributed by atoms with van der Waals surface area (Å²) >= 11 is 6.28. The first-order chi connectivity index (χ1) is 10.2. The van der Waals surface area contributed by atoms with Crippen LogP contribution in [0.5, 0.6) is 5.75 Å². The largest absolute Gasteiger partial charge is 0.493 e. The smallest absolute Gasteiger partial charge is 0.263 e. The van der Waals surface area contributed by atoms with Crippen LogP contribution in [0.3, 0.4) is 0 Å². The number of unbranched alkanes of at least 4 members (excludes halogenated alkanes) is 3. The van der Waals surface area contributed by atoms with Crippen LogP contribution in [0.4, 0.5) is 0 Å². The van der Waals surface area contributed by atoms with Crippen molar-refractivity contribution in [2.24, 2.45) is 0 Å². The van der Waals surface area contributed by atoms with Crippen LogP contribution >= 0.6 is 24.0 Å². The van der Waals surface area contributed by atoms with Crippen LogP contribution in [-0.4, -0.2) is 16.8 Å². The molecule has 0 radical (unpaired) electrons. The number of amides is 1. The minimum atomic E-state index is -0.136. The molecule has 1 saturated heterocycles. The van der Waals surface area contributed by atoms with Crippen molar-refractivity contribution >= 4 is 40.3 Å². The third-order valence-electron chi connectivity index (χ3n) is 3.10. The molecule has 1 aromatic rings. The molecule has 1 aliphatic heterocycles. The molecule has 0 aromatic heterocycles. The van der Waals surface area contributed by atoms with Gasteiger partial charge in [-0.25, -0.2) is 0 Å². The van der Waals surface area contributed by atoms with E-state index < -0.39 is 0 Å². The lowest BCUT2D eigenvalue weighted by Gasteiger charge is -2.09. The number of para-hydroxylation sites is 1. The first kappa shape index (κ1) is 16.0. The molecular weight excluding hydrogens is 302 g/mol. The summed E-state index contributed by atoms with van der Waals surface area (Å²) in [4.78, 5) is 12.3. The van der Waals surface area contributed by atoms with Crippen molar-refractivity contribution < 1.29 is 9.53 Å². The number of thioether (sulfide) groups is 1. The lowest BCUT2D eigenvalue weighted by atomic mass is 10.2. The highest BCUT2D eigenvalue weighted by Crippen LogP contribution is 2.29. The van der Waals surface area contributed by atoms with E-state index in [9.17, 15) is 4.79 Å². The highest BCUT2D eigenvalue weighted by Gasteiger charge is 2.22. The maximum absolute atomic E-state index is 11.7. The van der Waals surface area contributed by atoms with Gasteiger partial charge in [-0.05, 0) is 18.6 Å². The van der Waals surface area contributed by atoms with Crippen LogP contribution in [0.25, 0.3) is 6.08 Å². The minimum Gasteiger partial charge on any atom is -0.493 e. The molecule has 0 atom stereocenters. The van der Waals surface area contributed by atoms with Crippen LogP contribution in [0, 0.1) is 0 Å². The summed E-state index contributed by atoms with van der Waals surface area (Å²) in [5.41, 5.74) is 0.912. The Labute approximate surface area is 135 Å². The van der Waals surface area contributed by atoms with E-state index in [0.29, 0.717) is 15.8 Å². The Balaban J connectivity index is 2.02. The number of ether oxygens (including phenoxy) is 1. The van der Waals surface area contributed by atoms with E-state index in [-0.39, 0.29) is 5.91 Å². The van der Waals surface area contributed by atoms with E-state index in [1.165, 1.54) is 31.0 Å². The first-order valence-corrected chi connectivity index (χ1v) is 8.40. The molecule has 1 amide bonds. The summed E-state index contributed by atoms with van der Waals surface area (Å²) in [5.74, 6) is 0.676. The quantitative estimate of drug-likeness (QED) is 0.465. The zero-order valence-corrected chi connectivity index (χ0v) is 13.7. The molecule has 0 unspecified atom stereocenters. The monoisotopic (exact) mass is 321 g/mol. The number of nitrogens with one attached hydrogen (secondary N) is 1. The summed E-state index contributed by atoms with van der Waals surface area (Å²) in [6.07, 6.45) is 6.53. The fourth-order valence-electron chi connectivity index (χ4n) is 2.00. The SMILES string of the molecule is CCCCCCOc1ccccc1/C=C1\SC(=S)NC1=O. The Morgan fingerprint density at radius 2 is 2.10 bits per heavy atom. The van der Waals surface area contributed by atoms with Gasteiger partial charge in [0, 0.05) is 5.56 Å². The van der Waals surface area contributed by atoms with E-state index in [1.54, 1.807) is 0 Å². The highest BCUT2D eigenvalue weighted by atomic mass is 32.2. The third kappa shape index (κ3) is 4.86. The maximum atomic E-state index is 11.7. The molecule has 112 valence electrons. The van der Waals surface area contributed by atoms with E-state index in [0.717, 1.165) is 17.7 Å². The number of carbonyl (C=O) groups excluding carboxylic acids is 1. The van der Waals surface area contributed by atoms with Crippen molar-refractivity contribution in [3.8, 4) is 5.75 Å². The summed E-state index contributed by atoms with van der Waals surface area (Å²) in [7, 11) is 0. The lowest BCUT2D eigenvalue weighted by Crippen LogP contribution is -2.17. The van der Waals surface area contributed by atoms with Crippen molar-refractivity contribution in [1.82, 2.24) is 5.32 Å². The normalized spacial score (nSPS) is 16.3. The minimum absolute atomic E-state index is 0.136. The standard InChI is InChI=1S/C16H19NO2S2/c1-2-3-4-7-10-19-13-9-6-5-8-12(13)11-14-15(18)17-16(20)21-14/h5-6,8-9,11H,2-4,7,10H2,1H3,(H,17,18,20)/b14-11-. The van der Waals surface area contributed by atoms with Gasteiger partial charge in [0.05, 0.1) is 11.5 Å². The van der Waals surface area contributed by atoms with Gasteiger partial charge in [-0.3, -0.25) is 4.79 Å². The van der Waals surface area contributed by atoms with Gasteiger partial charge in [0.15, 0.2) is 0 Å². The molecule has 0 aliphatic carbocycles. The summed E-state index contributed by atoms with van der Waals surface area (Å²) in [6, 6.07) is 7.76. The molecule has 2 rings (SSSR count). The molecule has 21 heavy (non-hydrogen) atoms. The van der Waals surface area contributed by atoms with Gasteiger partial charge in [-0.15, -0.1) is 0 Å². The van der Waals surface area contributed by atoms with Crippen LogP contribution < -0.4 is 10.1 Å². The predicted octanol–water partition coefficient (Wildman–Crippen LogP) is 4.13. The first-order valence-electron chi connectivity index (χ1n) is 7.17. The molecule has 1 heterocycles. The number of benzene rings is 1. The molecule has 1 aliphatic rings. The number of rotatable bonds is 7. The molecule has 0 saturated carbocycles. The van der Waals surface area contributed by atoms with Crippen molar-refractivity contribution in [1.29, 1.82) is 0 Å². The fourth-order valence-corrected chi connectivity index (χ4v) is 3.04. The van der Waals surface area contributed by atoms with Gasteiger partial charge in [-0.1, -0.05) is 68.4 Å². The van der Waals surface area contributed by atoms with Crippen molar-refractivity contribution in [2.75, 3.05) is 6.61 Å². The Bertz CT molecular complexity index is 555. The van der Waals surface area contributed by atoms with Gasteiger partial charge < -0.3 is 10.1 Å². The van der Waals surface area contributed by atoms with Crippen molar-refractivity contribution in [3.63, 3.8) is 0 Å². The lowest BCUT2D eigenvalue weighted by molar-refractivity contribution is -0.115. The highest BCUT2D eigenvalue weighted by molar-refractivity contribution is 8.26. The van der Waals surface area contributed by atoms with E-state index in [1.807, 2.05) is 30.3 Å². The van der Waals surface area contributed by atoms with Crippen LogP contribution in [-0.2, 0) is 4.79 Å². The van der Waals surface area contributed by atoms with Crippen molar-refractivity contribution in [2.45, 2.75) is 32.6 Å². The topological polar surface area (TPSA) is 38.3 Å².